The predicted molar refractivity (Wildman–Crippen MR) is 86.6 cm³/mol. The van der Waals surface area contributed by atoms with Crippen LogP contribution < -0.4 is 5.32 Å². The van der Waals surface area contributed by atoms with Gasteiger partial charge in [0, 0.05) is 47.3 Å². The number of hydrogen-bond acceptors (Lipinski definition) is 3. The Morgan fingerprint density at radius 1 is 1.40 bits per heavy atom. The summed E-state index contributed by atoms with van der Waals surface area (Å²) in [4.78, 5) is 14.4. The first-order chi connectivity index (χ1) is 9.43. The first-order valence-corrected chi connectivity index (χ1v) is 9.32. The zero-order valence-corrected chi connectivity index (χ0v) is 14.0. The Labute approximate surface area is 127 Å². The summed E-state index contributed by atoms with van der Waals surface area (Å²) in [6.45, 7) is 2.53. The van der Waals surface area contributed by atoms with E-state index in [2.05, 4.69) is 5.32 Å². The molecule has 0 aromatic heterocycles. The van der Waals surface area contributed by atoms with Crippen molar-refractivity contribution in [3.05, 3.63) is 29.8 Å². The van der Waals surface area contributed by atoms with Crippen molar-refractivity contribution in [2.24, 2.45) is 0 Å². The van der Waals surface area contributed by atoms with Gasteiger partial charge in [0.15, 0.2) is 0 Å². The second-order valence-electron chi connectivity index (χ2n) is 4.76. The lowest BCUT2D eigenvalue weighted by atomic mass is 10.2. The smallest absolute Gasteiger partial charge is 0.317 e. The SMILES string of the molecule is CSC[C@@H](C)NC(=O)N(C)Cc1ccc([S@](C)=O)cc1. The minimum atomic E-state index is -0.964. The van der Waals surface area contributed by atoms with Crippen LogP contribution in [0.3, 0.4) is 0 Å². The molecule has 2 amide bonds. The maximum atomic E-state index is 12.0. The molecule has 0 aliphatic rings. The molecule has 0 unspecified atom stereocenters. The van der Waals surface area contributed by atoms with E-state index in [0.29, 0.717) is 6.54 Å². The third-order valence-corrected chi connectivity index (χ3v) is 4.58. The highest BCUT2D eigenvalue weighted by Crippen LogP contribution is 2.09. The van der Waals surface area contributed by atoms with Gasteiger partial charge >= 0.3 is 6.03 Å². The van der Waals surface area contributed by atoms with Crippen molar-refractivity contribution in [3.63, 3.8) is 0 Å². The van der Waals surface area contributed by atoms with Crippen molar-refractivity contribution >= 4 is 28.6 Å². The highest BCUT2D eigenvalue weighted by atomic mass is 32.2. The van der Waals surface area contributed by atoms with Crippen LogP contribution in [0.25, 0.3) is 0 Å². The van der Waals surface area contributed by atoms with E-state index in [1.54, 1.807) is 30.0 Å². The molecular formula is C14H22N2O2S2. The molecule has 0 heterocycles. The molecule has 0 saturated carbocycles. The van der Waals surface area contributed by atoms with Gasteiger partial charge in [-0.15, -0.1) is 0 Å². The van der Waals surface area contributed by atoms with Gasteiger partial charge in [0.05, 0.1) is 0 Å². The zero-order chi connectivity index (χ0) is 15.1. The second kappa shape index (κ2) is 8.32. The summed E-state index contributed by atoms with van der Waals surface area (Å²) in [6.07, 6.45) is 3.67. The van der Waals surface area contributed by atoms with E-state index in [4.69, 9.17) is 0 Å². The summed E-state index contributed by atoms with van der Waals surface area (Å²) in [5.41, 5.74) is 1.02. The summed E-state index contributed by atoms with van der Waals surface area (Å²) in [5, 5.41) is 2.95. The molecule has 0 fully saturated rings. The van der Waals surface area contributed by atoms with E-state index in [0.717, 1.165) is 16.2 Å². The lowest BCUT2D eigenvalue weighted by Gasteiger charge is -2.21. The molecule has 0 saturated heterocycles. The topological polar surface area (TPSA) is 49.4 Å². The summed E-state index contributed by atoms with van der Waals surface area (Å²) in [7, 11) is 0.807. The van der Waals surface area contributed by atoms with Gasteiger partial charge in [0.2, 0.25) is 0 Å². The lowest BCUT2D eigenvalue weighted by molar-refractivity contribution is 0.204. The van der Waals surface area contributed by atoms with Crippen molar-refractivity contribution in [3.8, 4) is 0 Å². The average Bonchev–Trinajstić information content (AvgIpc) is 2.39. The van der Waals surface area contributed by atoms with Crippen molar-refractivity contribution in [2.75, 3.05) is 25.3 Å². The molecule has 112 valence electrons. The molecule has 0 aliphatic heterocycles. The quantitative estimate of drug-likeness (QED) is 0.876. The number of hydrogen-bond donors (Lipinski definition) is 1. The molecule has 1 rings (SSSR count). The minimum Gasteiger partial charge on any atom is -0.335 e. The van der Waals surface area contributed by atoms with Gasteiger partial charge < -0.3 is 10.2 Å². The first kappa shape index (κ1) is 17.0. The Morgan fingerprint density at radius 2 is 2.00 bits per heavy atom. The molecule has 6 heteroatoms. The van der Waals surface area contributed by atoms with Gasteiger partial charge in [-0.2, -0.15) is 11.8 Å². The number of amides is 2. The number of nitrogens with zero attached hydrogens (tertiary/aromatic N) is 1. The largest absolute Gasteiger partial charge is 0.335 e. The number of urea groups is 1. The Hall–Kier alpha value is -1.01. The van der Waals surface area contributed by atoms with Gasteiger partial charge in [0.25, 0.3) is 0 Å². The van der Waals surface area contributed by atoms with E-state index in [9.17, 15) is 9.00 Å². The van der Waals surface area contributed by atoms with Crippen molar-refractivity contribution in [2.45, 2.75) is 24.4 Å². The third kappa shape index (κ3) is 5.54. The van der Waals surface area contributed by atoms with Crippen LogP contribution in [-0.2, 0) is 17.3 Å². The molecule has 0 spiro atoms. The fourth-order valence-corrected chi connectivity index (χ4v) is 2.85. The standard InChI is InChI=1S/C14H22N2O2S2/c1-11(10-19-3)15-14(17)16(2)9-12-5-7-13(8-6-12)20(4)18/h5-8,11H,9-10H2,1-4H3,(H,15,17)/t11-,20+/m1/s1. The third-order valence-electron chi connectivity index (χ3n) is 2.81. The first-order valence-electron chi connectivity index (χ1n) is 6.37. The highest BCUT2D eigenvalue weighted by Gasteiger charge is 2.12. The molecule has 0 radical (unpaired) electrons. The fourth-order valence-electron chi connectivity index (χ4n) is 1.74. The molecule has 1 aromatic rings. The van der Waals surface area contributed by atoms with Crippen molar-refractivity contribution < 1.29 is 9.00 Å². The van der Waals surface area contributed by atoms with Crippen molar-refractivity contribution in [1.29, 1.82) is 0 Å². The number of carbonyl (C=O) groups excluding carboxylic acids is 1. The summed E-state index contributed by atoms with van der Waals surface area (Å²) in [5.74, 6) is 0.899. The number of carbonyl (C=O) groups is 1. The zero-order valence-electron chi connectivity index (χ0n) is 12.4. The second-order valence-corrected chi connectivity index (χ2v) is 7.05. The van der Waals surface area contributed by atoms with Gasteiger partial charge in [-0.1, -0.05) is 12.1 Å². The maximum absolute atomic E-state index is 12.0. The molecule has 2 atom stereocenters. The van der Waals surface area contributed by atoms with Crippen LogP contribution in [0.1, 0.15) is 12.5 Å². The summed E-state index contributed by atoms with van der Waals surface area (Å²) < 4.78 is 11.3. The number of thioether (sulfide) groups is 1. The molecular weight excluding hydrogens is 292 g/mol. The van der Waals surface area contributed by atoms with Crippen LogP contribution in [0.5, 0.6) is 0 Å². The van der Waals surface area contributed by atoms with Gasteiger partial charge in [-0.3, -0.25) is 4.21 Å². The van der Waals surface area contributed by atoms with E-state index in [1.807, 2.05) is 37.4 Å². The summed E-state index contributed by atoms with van der Waals surface area (Å²) >= 11 is 1.71. The molecule has 0 aliphatic carbocycles. The van der Waals surface area contributed by atoms with Gasteiger partial charge in [-0.25, -0.2) is 4.79 Å². The molecule has 20 heavy (non-hydrogen) atoms. The lowest BCUT2D eigenvalue weighted by Crippen LogP contribution is -2.42. The Kier molecular flexibility index (Phi) is 7.09. The Bertz CT molecular complexity index is 463. The van der Waals surface area contributed by atoms with Crippen molar-refractivity contribution in [1.82, 2.24) is 10.2 Å². The Morgan fingerprint density at radius 3 is 2.50 bits per heavy atom. The van der Waals surface area contributed by atoms with Crippen LogP contribution in [0.4, 0.5) is 4.79 Å². The van der Waals surface area contributed by atoms with Crippen LogP contribution in [-0.4, -0.2) is 46.5 Å². The van der Waals surface area contributed by atoms with Gasteiger partial charge in [0.1, 0.15) is 0 Å². The van der Waals surface area contributed by atoms with E-state index >= 15 is 0 Å². The van der Waals surface area contributed by atoms with E-state index in [1.165, 1.54) is 0 Å². The van der Waals surface area contributed by atoms with Crippen LogP contribution in [0.15, 0.2) is 29.2 Å². The van der Waals surface area contributed by atoms with Crippen LogP contribution in [0, 0.1) is 0 Å². The normalized spacial score (nSPS) is 13.6. The Balaban J connectivity index is 2.54. The number of nitrogens with one attached hydrogen (secondary N) is 1. The van der Waals surface area contributed by atoms with E-state index in [-0.39, 0.29) is 12.1 Å². The van der Waals surface area contributed by atoms with E-state index < -0.39 is 10.8 Å². The molecule has 1 N–H and O–H groups in total. The monoisotopic (exact) mass is 314 g/mol. The molecule has 1 aromatic carbocycles. The maximum Gasteiger partial charge on any atom is 0.317 e. The fraction of sp³-hybridized carbons (Fsp3) is 0.500. The number of rotatable bonds is 6. The van der Waals surface area contributed by atoms with Crippen LogP contribution in [0.2, 0.25) is 0 Å². The average molecular weight is 314 g/mol. The molecule has 0 bridgehead atoms. The molecule has 4 nitrogen and oxygen atoms in total. The van der Waals surface area contributed by atoms with Crippen LogP contribution >= 0.6 is 11.8 Å². The highest BCUT2D eigenvalue weighted by molar-refractivity contribution is 7.98. The predicted octanol–water partition coefficient (Wildman–Crippen LogP) is 2.32. The summed E-state index contributed by atoms with van der Waals surface area (Å²) in [6, 6.07) is 7.58. The minimum absolute atomic E-state index is 0.0744. The van der Waals surface area contributed by atoms with Gasteiger partial charge in [-0.05, 0) is 30.9 Å². The number of benzene rings is 1.